The van der Waals surface area contributed by atoms with Crippen molar-refractivity contribution in [1.82, 2.24) is 9.88 Å². The van der Waals surface area contributed by atoms with Crippen LogP contribution in [-0.2, 0) is 9.53 Å². The van der Waals surface area contributed by atoms with Crippen molar-refractivity contribution in [2.75, 3.05) is 50.9 Å². The highest BCUT2D eigenvalue weighted by atomic mass is 35.5. The van der Waals surface area contributed by atoms with E-state index in [1.165, 1.54) is 11.3 Å². The van der Waals surface area contributed by atoms with Crippen LogP contribution in [0.5, 0.6) is 5.75 Å². The van der Waals surface area contributed by atoms with Gasteiger partial charge in [-0.05, 0) is 42.8 Å². The van der Waals surface area contributed by atoms with E-state index >= 15 is 0 Å². The van der Waals surface area contributed by atoms with Crippen molar-refractivity contribution >= 4 is 67.4 Å². The van der Waals surface area contributed by atoms with Gasteiger partial charge in [0.1, 0.15) is 5.75 Å². The number of aryl methyl sites for hydroxylation is 1. The monoisotopic (exact) mass is 513 g/mol. The van der Waals surface area contributed by atoms with Gasteiger partial charge in [-0.2, -0.15) is 0 Å². The van der Waals surface area contributed by atoms with Crippen molar-refractivity contribution in [3.63, 3.8) is 0 Å². The van der Waals surface area contributed by atoms with Gasteiger partial charge >= 0.3 is 0 Å². The minimum Gasteiger partial charge on any atom is -0.482 e. The van der Waals surface area contributed by atoms with Gasteiger partial charge in [0.2, 0.25) is 0 Å². The van der Waals surface area contributed by atoms with Crippen LogP contribution in [0.2, 0.25) is 15.1 Å². The van der Waals surface area contributed by atoms with Gasteiger partial charge in [0.15, 0.2) is 11.7 Å². The van der Waals surface area contributed by atoms with E-state index in [1.807, 2.05) is 19.1 Å². The van der Waals surface area contributed by atoms with Crippen LogP contribution in [0, 0.1) is 6.92 Å². The van der Waals surface area contributed by atoms with Gasteiger partial charge in [0.05, 0.1) is 28.5 Å². The molecule has 1 aliphatic heterocycles. The van der Waals surface area contributed by atoms with Gasteiger partial charge in [-0.3, -0.25) is 14.6 Å². The number of nitrogens with zero attached hydrogens (tertiary/aromatic N) is 3. The highest BCUT2D eigenvalue weighted by Crippen LogP contribution is 2.33. The molecule has 4 rings (SSSR count). The van der Waals surface area contributed by atoms with E-state index in [0.717, 1.165) is 28.9 Å². The molecule has 1 aromatic heterocycles. The van der Waals surface area contributed by atoms with Gasteiger partial charge in [-0.25, -0.2) is 4.98 Å². The summed E-state index contributed by atoms with van der Waals surface area (Å²) in [6, 6.07) is 8.65. The van der Waals surface area contributed by atoms with Crippen molar-refractivity contribution in [2.24, 2.45) is 0 Å². The maximum Gasteiger partial charge on any atom is 0.266 e. The Kier molecular flexibility index (Phi) is 7.76. The van der Waals surface area contributed by atoms with Gasteiger partial charge in [0, 0.05) is 36.2 Å². The number of fused-ring (bicyclic) bond motifs is 1. The molecule has 1 amide bonds. The number of carbonyl (C=O) groups excluding carboxylic acids is 1. The molecule has 0 aliphatic carbocycles. The molecular weight excluding hydrogens is 493 g/mol. The number of thiazole rings is 1. The molecule has 0 unspecified atom stereocenters. The lowest BCUT2D eigenvalue weighted by molar-refractivity contribution is -0.120. The number of ether oxygens (including phenoxy) is 2. The van der Waals surface area contributed by atoms with Crippen molar-refractivity contribution in [3.05, 3.63) is 51.0 Å². The minimum atomic E-state index is -0.202. The zero-order chi connectivity index (χ0) is 22.7. The first-order valence-electron chi connectivity index (χ1n) is 10.2. The standard InChI is InChI=1S/C22H22Cl3N3O3S/c1-14-10-16(24)12-19-21(14)26-22(32-19)28(5-4-27-6-8-30-9-7-27)20(29)13-31-18-3-2-15(23)11-17(18)25/h2-3,10-12H,4-9,13H2,1H3. The number of anilines is 1. The molecule has 1 aliphatic rings. The molecule has 0 spiro atoms. The third-order valence-corrected chi connectivity index (χ3v) is 6.93. The summed E-state index contributed by atoms with van der Waals surface area (Å²) in [6.45, 7) is 6.08. The lowest BCUT2D eigenvalue weighted by Gasteiger charge is -2.29. The maximum absolute atomic E-state index is 13.2. The summed E-state index contributed by atoms with van der Waals surface area (Å²) in [6.07, 6.45) is 0. The highest BCUT2D eigenvalue weighted by molar-refractivity contribution is 7.22. The van der Waals surface area contributed by atoms with Crippen LogP contribution < -0.4 is 9.64 Å². The SMILES string of the molecule is Cc1cc(Cl)cc2sc(N(CCN3CCOCC3)C(=O)COc3ccc(Cl)cc3Cl)nc12. The molecule has 6 nitrogen and oxygen atoms in total. The fraction of sp³-hybridized carbons (Fsp3) is 0.364. The van der Waals surface area contributed by atoms with E-state index in [4.69, 9.17) is 49.3 Å². The highest BCUT2D eigenvalue weighted by Gasteiger charge is 2.23. The Balaban J connectivity index is 1.55. The summed E-state index contributed by atoms with van der Waals surface area (Å²) in [5.74, 6) is 0.205. The van der Waals surface area contributed by atoms with E-state index in [-0.39, 0.29) is 12.5 Å². The van der Waals surface area contributed by atoms with E-state index in [0.29, 0.717) is 52.3 Å². The summed E-state index contributed by atoms with van der Waals surface area (Å²) in [4.78, 5) is 21.9. The van der Waals surface area contributed by atoms with Crippen molar-refractivity contribution in [1.29, 1.82) is 0 Å². The van der Waals surface area contributed by atoms with Gasteiger partial charge < -0.3 is 9.47 Å². The van der Waals surface area contributed by atoms with E-state index < -0.39 is 0 Å². The van der Waals surface area contributed by atoms with Crippen LogP contribution in [0.4, 0.5) is 5.13 Å². The molecule has 2 aromatic carbocycles. The van der Waals surface area contributed by atoms with E-state index in [9.17, 15) is 4.79 Å². The molecule has 1 saturated heterocycles. The molecule has 0 N–H and O–H groups in total. The summed E-state index contributed by atoms with van der Waals surface area (Å²) in [5, 5.41) is 2.13. The average Bonchev–Trinajstić information content (AvgIpc) is 3.18. The second-order valence-electron chi connectivity index (χ2n) is 7.43. The quantitative estimate of drug-likeness (QED) is 0.428. The molecule has 32 heavy (non-hydrogen) atoms. The Morgan fingerprint density at radius 3 is 2.72 bits per heavy atom. The van der Waals surface area contributed by atoms with Gasteiger partial charge in [-0.1, -0.05) is 46.1 Å². The first-order chi connectivity index (χ1) is 15.4. The Hall–Kier alpha value is -1.61. The number of halogens is 3. The van der Waals surface area contributed by atoms with Crippen LogP contribution in [-0.4, -0.2) is 61.8 Å². The zero-order valence-corrected chi connectivity index (χ0v) is 20.5. The molecule has 0 bridgehead atoms. The van der Waals surface area contributed by atoms with Crippen LogP contribution in [0.25, 0.3) is 10.2 Å². The smallest absolute Gasteiger partial charge is 0.266 e. The third-order valence-electron chi connectivity index (χ3n) is 5.16. The Morgan fingerprint density at radius 2 is 1.97 bits per heavy atom. The summed E-state index contributed by atoms with van der Waals surface area (Å²) >= 11 is 19.8. The topological polar surface area (TPSA) is 54.9 Å². The molecule has 1 fully saturated rings. The molecule has 0 radical (unpaired) electrons. The van der Waals surface area contributed by atoms with Gasteiger partial charge in [0.25, 0.3) is 5.91 Å². The van der Waals surface area contributed by atoms with E-state index in [1.54, 1.807) is 23.1 Å². The predicted octanol–water partition coefficient (Wildman–Crippen LogP) is 5.31. The predicted molar refractivity (Wildman–Crippen MR) is 131 cm³/mol. The Bertz CT molecular complexity index is 1120. The minimum absolute atomic E-state index is 0.167. The zero-order valence-electron chi connectivity index (χ0n) is 17.4. The average molecular weight is 515 g/mol. The number of benzene rings is 2. The molecule has 0 saturated carbocycles. The van der Waals surface area contributed by atoms with Crippen molar-refractivity contribution in [2.45, 2.75) is 6.92 Å². The summed E-state index contributed by atoms with van der Waals surface area (Å²) in [5.41, 5.74) is 1.82. The summed E-state index contributed by atoms with van der Waals surface area (Å²) < 4.78 is 12.1. The first-order valence-corrected chi connectivity index (χ1v) is 12.1. The number of morpholine rings is 1. The Labute approximate surface area is 205 Å². The van der Waals surface area contributed by atoms with Crippen LogP contribution in [0.1, 0.15) is 5.56 Å². The largest absolute Gasteiger partial charge is 0.482 e. The fourth-order valence-corrected chi connectivity index (χ4v) is 5.39. The summed E-state index contributed by atoms with van der Waals surface area (Å²) in [7, 11) is 0. The first kappa shape index (κ1) is 23.5. The number of carbonyl (C=O) groups is 1. The Morgan fingerprint density at radius 1 is 1.19 bits per heavy atom. The number of aromatic nitrogens is 1. The fourth-order valence-electron chi connectivity index (χ4n) is 3.46. The lowest BCUT2D eigenvalue weighted by atomic mass is 10.2. The third kappa shape index (κ3) is 5.65. The lowest BCUT2D eigenvalue weighted by Crippen LogP contribution is -2.44. The molecule has 170 valence electrons. The number of hydrogen-bond donors (Lipinski definition) is 0. The van der Waals surface area contributed by atoms with Crippen LogP contribution in [0.3, 0.4) is 0 Å². The number of amides is 1. The van der Waals surface area contributed by atoms with Crippen LogP contribution in [0.15, 0.2) is 30.3 Å². The second kappa shape index (κ2) is 10.5. The van der Waals surface area contributed by atoms with E-state index in [2.05, 4.69) is 4.90 Å². The molecule has 0 atom stereocenters. The molecule has 2 heterocycles. The maximum atomic E-state index is 13.2. The van der Waals surface area contributed by atoms with Crippen molar-refractivity contribution < 1.29 is 14.3 Å². The van der Waals surface area contributed by atoms with Gasteiger partial charge in [-0.15, -0.1) is 0 Å². The van der Waals surface area contributed by atoms with Crippen LogP contribution >= 0.6 is 46.1 Å². The van der Waals surface area contributed by atoms with Crippen molar-refractivity contribution in [3.8, 4) is 5.75 Å². The molecular formula is C22H22Cl3N3O3S. The molecule has 10 heteroatoms. The number of hydrogen-bond acceptors (Lipinski definition) is 6. The normalized spacial score (nSPS) is 14.6. The number of rotatable bonds is 7. The second-order valence-corrected chi connectivity index (χ2v) is 9.72. The molecule has 3 aromatic rings.